The monoisotopic (exact) mass is 317 g/mol. The minimum Gasteiger partial charge on any atom is -0.456 e. The van der Waals surface area contributed by atoms with E-state index in [-0.39, 0.29) is 12.5 Å². The summed E-state index contributed by atoms with van der Waals surface area (Å²) in [6.07, 6.45) is 0.871. The first-order valence-corrected chi connectivity index (χ1v) is 7.39. The van der Waals surface area contributed by atoms with Gasteiger partial charge in [-0.1, -0.05) is 25.1 Å². The summed E-state index contributed by atoms with van der Waals surface area (Å²) in [5.41, 5.74) is 0.485. The first kappa shape index (κ1) is 16.6. The fourth-order valence-corrected chi connectivity index (χ4v) is 1.90. The quantitative estimate of drug-likeness (QED) is 0.763. The zero-order valence-electron chi connectivity index (χ0n) is 13.1. The van der Waals surface area contributed by atoms with E-state index in [0.717, 1.165) is 6.42 Å². The Balaban J connectivity index is 1.85. The van der Waals surface area contributed by atoms with Crippen LogP contribution in [0.1, 0.15) is 36.5 Å². The fraction of sp³-hybridized carbons (Fsp3) is 0.400. The lowest BCUT2D eigenvalue weighted by Gasteiger charge is -2.13. The van der Waals surface area contributed by atoms with E-state index in [1.807, 2.05) is 13.0 Å². The normalized spacial score (nSPS) is 11.7. The number of nitrogens with one attached hydrogen (secondary N) is 1. The summed E-state index contributed by atoms with van der Waals surface area (Å²) >= 11 is 0. The van der Waals surface area contributed by atoms with Crippen molar-refractivity contribution in [1.82, 2.24) is 25.5 Å². The molecule has 122 valence electrons. The number of carbonyl (C=O) groups excluding carboxylic acids is 2. The molecule has 8 heteroatoms. The molecule has 0 fully saturated rings. The highest BCUT2D eigenvalue weighted by Crippen LogP contribution is 2.02. The van der Waals surface area contributed by atoms with Gasteiger partial charge in [-0.3, -0.25) is 4.79 Å². The summed E-state index contributed by atoms with van der Waals surface area (Å²) in [5.74, 6) is -0.395. The molecule has 0 aliphatic heterocycles. The van der Waals surface area contributed by atoms with Gasteiger partial charge in [0.15, 0.2) is 12.4 Å². The van der Waals surface area contributed by atoms with Crippen molar-refractivity contribution in [3.63, 3.8) is 0 Å². The van der Waals surface area contributed by atoms with Crippen LogP contribution in [0.3, 0.4) is 0 Å². The van der Waals surface area contributed by atoms with Crippen LogP contribution < -0.4 is 5.32 Å². The largest absolute Gasteiger partial charge is 0.456 e. The average molecular weight is 317 g/mol. The number of hydrogen-bond donors (Lipinski definition) is 1. The standard InChI is InChI=1S/C15H19N5O3/c1-3-9-20-13(17-18-19-20)10-23-15(22)11(2)16-14(21)12-7-5-4-6-8-12/h4-8,11H,3,9-10H2,1-2H3,(H,16,21)/t11-/m0/s1. The Kier molecular flexibility index (Phi) is 5.79. The number of benzene rings is 1. The van der Waals surface area contributed by atoms with E-state index in [1.165, 1.54) is 0 Å². The molecule has 0 radical (unpaired) electrons. The maximum atomic E-state index is 12.0. The van der Waals surface area contributed by atoms with Gasteiger partial charge in [0.1, 0.15) is 6.04 Å². The van der Waals surface area contributed by atoms with Gasteiger partial charge in [0, 0.05) is 12.1 Å². The molecular weight excluding hydrogens is 298 g/mol. The zero-order chi connectivity index (χ0) is 16.7. The zero-order valence-corrected chi connectivity index (χ0v) is 13.1. The molecule has 0 aliphatic carbocycles. The molecule has 8 nitrogen and oxygen atoms in total. The maximum absolute atomic E-state index is 12.0. The molecule has 0 saturated heterocycles. The second-order valence-corrected chi connectivity index (χ2v) is 4.99. The number of nitrogens with zero attached hydrogens (tertiary/aromatic N) is 4. The number of aromatic nitrogens is 4. The highest BCUT2D eigenvalue weighted by atomic mass is 16.5. The Labute approximate surface area is 133 Å². The van der Waals surface area contributed by atoms with Crippen LogP contribution in [0.15, 0.2) is 30.3 Å². The van der Waals surface area contributed by atoms with E-state index in [4.69, 9.17) is 4.74 Å². The Morgan fingerprint density at radius 1 is 1.30 bits per heavy atom. The predicted octanol–water partition coefficient (Wildman–Crippen LogP) is 0.945. The van der Waals surface area contributed by atoms with Crippen LogP contribution in [0.25, 0.3) is 0 Å². The van der Waals surface area contributed by atoms with Crippen molar-refractivity contribution in [1.29, 1.82) is 0 Å². The third-order valence-electron chi connectivity index (χ3n) is 3.12. The Hall–Kier alpha value is -2.77. The summed E-state index contributed by atoms with van der Waals surface area (Å²) in [6, 6.07) is 7.91. The van der Waals surface area contributed by atoms with Crippen molar-refractivity contribution >= 4 is 11.9 Å². The van der Waals surface area contributed by atoms with E-state index in [1.54, 1.807) is 35.9 Å². The van der Waals surface area contributed by atoms with Crippen molar-refractivity contribution in [3.8, 4) is 0 Å². The lowest BCUT2D eigenvalue weighted by Crippen LogP contribution is -2.39. The second kappa shape index (κ2) is 8.02. The summed E-state index contributed by atoms with van der Waals surface area (Å²) in [6.45, 7) is 4.19. The van der Waals surface area contributed by atoms with Gasteiger partial charge in [0.2, 0.25) is 0 Å². The topological polar surface area (TPSA) is 99.0 Å². The molecule has 1 aromatic carbocycles. The number of hydrogen-bond acceptors (Lipinski definition) is 6. The third kappa shape index (κ3) is 4.60. The summed E-state index contributed by atoms with van der Waals surface area (Å²) in [5, 5.41) is 13.8. The minimum absolute atomic E-state index is 0.0304. The molecule has 1 atom stereocenters. The number of carbonyl (C=O) groups is 2. The average Bonchev–Trinajstić information content (AvgIpc) is 3.01. The van der Waals surface area contributed by atoms with E-state index in [0.29, 0.717) is 17.9 Å². The van der Waals surface area contributed by atoms with E-state index in [2.05, 4.69) is 20.8 Å². The summed E-state index contributed by atoms with van der Waals surface area (Å²) in [4.78, 5) is 23.9. The van der Waals surface area contributed by atoms with Gasteiger partial charge < -0.3 is 10.1 Å². The second-order valence-electron chi connectivity index (χ2n) is 4.99. The summed E-state index contributed by atoms with van der Waals surface area (Å²) < 4.78 is 6.74. The number of ether oxygens (including phenoxy) is 1. The van der Waals surface area contributed by atoms with Crippen LogP contribution in [0.5, 0.6) is 0 Å². The van der Waals surface area contributed by atoms with Crippen LogP contribution in [0.2, 0.25) is 0 Å². The van der Waals surface area contributed by atoms with Crippen molar-refractivity contribution < 1.29 is 14.3 Å². The van der Waals surface area contributed by atoms with Gasteiger partial charge in [-0.05, 0) is 35.9 Å². The molecule has 2 aromatic rings. The van der Waals surface area contributed by atoms with Crippen LogP contribution in [-0.4, -0.2) is 38.1 Å². The predicted molar refractivity (Wildman–Crippen MR) is 81.3 cm³/mol. The summed E-state index contributed by atoms with van der Waals surface area (Å²) in [7, 11) is 0. The van der Waals surface area contributed by atoms with E-state index >= 15 is 0 Å². The van der Waals surface area contributed by atoms with E-state index < -0.39 is 12.0 Å². The Morgan fingerprint density at radius 3 is 2.74 bits per heavy atom. The fourth-order valence-electron chi connectivity index (χ4n) is 1.90. The van der Waals surface area contributed by atoms with Gasteiger partial charge in [0.25, 0.3) is 5.91 Å². The molecule has 1 N–H and O–H groups in total. The molecular formula is C15H19N5O3. The Morgan fingerprint density at radius 2 is 2.04 bits per heavy atom. The molecule has 23 heavy (non-hydrogen) atoms. The third-order valence-corrected chi connectivity index (χ3v) is 3.12. The molecule has 0 bridgehead atoms. The number of rotatable bonds is 7. The van der Waals surface area contributed by atoms with Crippen LogP contribution in [0, 0.1) is 0 Å². The van der Waals surface area contributed by atoms with Crippen LogP contribution >= 0.6 is 0 Å². The van der Waals surface area contributed by atoms with Crippen LogP contribution in [-0.2, 0) is 22.7 Å². The van der Waals surface area contributed by atoms with Crippen molar-refractivity contribution in [2.24, 2.45) is 0 Å². The van der Waals surface area contributed by atoms with E-state index in [9.17, 15) is 9.59 Å². The highest BCUT2D eigenvalue weighted by Gasteiger charge is 2.19. The number of aryl methyl sites for hydroxylation is 1. The molecule has 2 rings (SSSR count). The van der Waals surface area contributed by atoms with Crippen molar-refractivity contribution in [3.05, 3.63) is 41.7 Å². The number of esters is 1. The Bertz CT molecular complexity index is 656. The lowest BCUT2D eigenvalue weighted by atomic mass is 10.2. The minimum atomic E-state index is -0.766. The molecule has 1 heterocycles. The molecule has 0 saturated carbocycles. The van der Waals surface area contributed by atoms with Gasteiger partial charge in [-0.2, -0.15) is 0 Å². The first-order valence-electron chi connectivity index (χ1n) is 7.39. The molecule has 0 aliphatic rings. The SMILES string of the molecule is CCCn1nnnc1COC(=O)[C@H](C)NC(=O)c1ccccc1. The molecule has 0 unspecified atom stereocenters. The molecule has 1 aromatic heterocycles. The first-order chi connectivity index (χ1) is 11.1. The van der Waals surface area contributed by atoms with Gasteiger partial charge in [0.05, 0.1) is 0 Å². The van der Waals surface area contributed by atoms with Gasteiger partial charge >= 0.3 is 5.97 Å². The van der Waals surface area contributed by atoms with Crippen LogP contribution in [0.4, 0.5) is 0 Å². The number of tetrazole rings is 1. The lowest BCUT2D eigenvalue weighted by molar-refractivity contribution is -0.147. The van der Waals surface area contributed by atoms with Crippen molar-refractivity contribution in [2.45, 2.75) is 39.5 Å². The van der Waals surface area contributed by atoms with Gasteiger partial charge in [-0.15, -0.1) is 5.10 Å². The molecule has 0 spiro atoms. The maximum Gasteiger partial charge on any atom is 0.328 e. The van der Waals surface area contributed by atoms with Gasteiger partial charge in [-0.25, -0.2) is 9.48 Å². The molecule has 1 amide bonds. The highest BCUT2D eigenvalue weighted by molar-refractivity contribution is 5.96. The number of amides is 1. The van der Waals surface area contributed by atoms with Crippen molar-refractivity contribution in [2.75, 3.05) is 0 Å². The smallest absolute Gasteiger partial charge is 0.328 e.